The topological polar surface area (TPSA) is 68.0 Å². The molecule has 1 aromatic heterocycles. The number of benzene rings is 1. The van der Waals surface area contributed by atoms with Crippen LogP contribution in [0.3, 0.4) is 0 Å². The Morgan fingerprint density at radius 3 is 2.79 bits per heavy atom. The first-order valence-electron chi connectivity index (χ1n) is 8.75. The molecule has 2 bridgehead atoms. The normalized spacial score (nSPS) is 28.2. The van der Waals surface area contributed by atoms with E-state index in [0.29, 0.717) is 18.4 Å². The summed E-state index contributed by atoms with van der Waals surface area (Å²) in [6.07, 6.45) is 4.29. The molecule has 0 spiro atoms. The number of carbonyl (C=O) groups excluding carboxylic acids is 1. The first kappa shape index (κ1) is 15.8. The van der Waals surface area contributed by atoms with Crippen molar-refractivity contribution in [3.8, 4) is 10.6 Å². The van der Waals surface area contributed by atoms with Gasteiger partial charge < -0.3 is 11.1 Å². The van der Waals surface area contributed by atoms with Crippen LogP contribution in [0.2, 0.25) is 0 Å². The van der Waals surface area contributed by atoms with E-state index in [1.807, 2.05) is 18.2 Å². The van der Waals surface area contributed by atoms with E-state index in [1.54, 1.807) is 11.3 Å². The summed E-state index contributed by atoms with van der Waals surface area (Å²) in [5, 5.41) is 6.20. The van der Waals surface area contributed by atoms with Gasteiger partial charge in [-0.2, -0.15) is 0 Å². The number of nitrogens with one attached hydrogen (secondary N) is 1. The van der Waals surface area contributed by atoms with Gasteiger partial charge >= 0.3 is 0 Å². The molecule has 2 aliphatic carbocycles. The molecule has 1 aromatic carbocycles. The van der Waals surface area contributed by atoms with Gasteiger partial charge in [0.1, 0.15) is 5.01 Å². The SMILES string of the molecule is NC1C2CCC(C2)C1C(=O)NCCc1csc(-c2ccccc2)n1. The zero-order valence-corrected chi connectivity index (χ0v) is 14.5. The molecule has 0 saturated heterocycles. The summed E-state index contributed by atoms with van der Waals surface area (Å²) in [4.78, 5) is 17.1. The zero-order valence-electron chi connectivity index (χ0n) is 13.7. The van der Waals surface area contributed by atoms with Crippen LogP contribution >= 0.6 is 11.3 Å². The van der Waals surface area contributed by atoms with Crippen molar-refractivity contribution in [1.82, 2.24) is 10.3 Å². The minimum atomic E-state index is 0.0269. The number of amides is 1. The molecular weight excluding hydrogens is 318 g/mol. The van der Waals surface area contributed by atoms with E-state index >= 15 is 0 Å². The molecule has 5 heteroatoms. The first-order valence-corrected chi connectivity index (χ1v) is 9.63. The summed E-state index contributed by atoms with van der Waals surface area (Å²) < 4.78 is 0. The quantitative estimate of drug-likeness (QED) is 0.879. The van der Waals surface area contributed by atoms with Crippen LogP contribution in [0.15, 0.2) is 35.7 Å². The van der Waals surface area contributed by atoms with E-state index in [0.717, 1.165) is 29.1 Å². The molecule has 4 rings (SSSR count). The lowest BCUT2D eigenvalue weighted by molar-refractivity contribution is -0.127. The molecule has 2 aliphatic rings. The third-order valence-electron chi connectivity index (χ3n) is 5.54. The van der Waals surface area contributed by atoms with E-state index in [1.165, 1.54) is 12.8 Å². The molecule has 1 amide bonds. The molecule has 4 atom stereocenters. The molecule has 4 unspecified atom stereocenters. The highest BCUT2D eigenvalue weighted by atomic mass is 32.1. The van der Waals surface area contributed by atoms with Gasteiger partial charge in [-0.1, -0.05) is 30.3 Å². The zero-order chi connectivity index (χ0) is 16.5. The highest BCUT2D eigenvalue weighted by Crippen LogP contribution is 2.47. The molecule has 0 radical (unpaired) electrons. The number of aromatic nitrogens is 1. The summed E-state index contributed by atoms with van der Waals surface area (Å²) in [5.74, 6) is 1.25. The smallest absolute Gasteiger partial charge is 0.224 e. The molecule has 2 saturated carbocycles. The van der Waals surface area contributed by atoms with Gasteiger partial charge in [-0.3, -0.25) is 4.79 Å². The number of fused-ring (bicyclic) bond motifs is 2. The maximum Gasteiger partial charge on any atom is 0.224 e. The minimum absolute atomic E-state index is 0.0269. The maximum atomic E-state index is 12.5. The standard InChI is InChI=1S/C19H23N3OS/c20-17-14-7-6-13(10-14)16(17)18(23)21-9-8-15-11-24-19(22-15)12-4-2-1-3-5-12/h1-5,11,13-14,16-17H,6-10,20H2,(H,21,23). The van der Waals surface area contributed by atoms with Gasteiger partial charge in [-0.25, -0.2) is 4.98 Å². The lowest BCUT2D eigenvalue weighted by Crippen LogP contribution is -2.45. The fourth-order valence-electron chi connectivity index (χ4n) is 4.29. The first-order chi connectivity index (χ1) is 11.7. The summed E-state index contributed by atoms with van der Waals surface area (Å²) in [6.45, 7) is 0.636. The summed E-state index contributed by atoms with van der Waals surface area (Å²) in [5.41, 5.74) is 8.43. The van der Waals surface area contributed by atoms with Crippen molar-refractivity contribution >= 4 is 17.2 Å². The maximum absolute atomic E-state index is 12.5. The van der Waals surface area contributed by atoms with Crippen LogP contribution in [0.4, 0.5) is 0 Å². The van der Waals surface area contributed by atoms with E-state index in [2.05, 4.69) is 27.8 Å². The predicted molar refractivity (Wildman–Crippen MR) is 96.6 cm³/mol. The van der Waals surface area contributed by atoms with Crippen LogP contribution in [-0.2, 0) is 11.2 Å². The van der Waals surface area contributed by atoms with Crippen molar-refractivity contribution in [3.05, 3.63) is 41.4 Å². The lowest BCUT2D eigenvalue weighted by Gasteiger charge is -2.26. The Morgan fingerprint density at radius 1 is 1.25 bits per heavy atom. The second-order valence-corrected chi connectivity index (χ2v) is 7.85. The van der Waals surface area contributed by atoms with Crippen molar-refractivity contribution < 1.29 is 4.79 Å². The molecule has 126 valence electrons. The van der Waals surface area contributed by atoms with E-state index in [9.17, 15) is 4.79 Å². The number of thiazole rings is 1. The Hall–Kier alpha value is -1.72. The van der Waals surface area contributed by atoms with Crippen LogP contribution in [-0.4, -0.2) is 23.5 Å². The number of nitrogens with two attached hydrogens (primary N) is 1. The highest BCUT2D eigenvalue weighted by Gasteiger charge is 2.48. The van der Waals surface area contributed by atoms with Gasteiger partial charge in [-0.15, -0.1) is 11.3 Å². The third-order valence-corrected chi connectivity index (χ3v) is 6.48. The van der Waals surface area contributed by atoms with E-state index < -0.39 is 0 Å². The molecule has 2 fully saturated rings. The fourth-order valence-corrected chi connectivity index (χ4v) is 5.15. The van der Waals surface area contributed by atoms with Gasteiger partial charge in [0.15, 0.2) is 0 Å². The van der Waals surface area contributed by atoms with Gasteiger partial charge in [0.05, 0.1) is 11.6 Å². The third kappa shape index (κ3) is 2.98. The molecular formula is C19H23N3OS. The fraction of sp³-hybridized carbons (Fsp3) is 0.474. The number of nitrogens with zero attached hydrogens (tertiary/aromatic N) is 1. The van der Waals surface area contributed by atoms with Crippen LogP contribution in [0.1, 0.15) is 25.0 Å². The van der Waals surface area contributed by atoms with Gasteiger partial charge in [0, 0.05) is 30.0 Å². The van der Waals surface area contributed by atoms with E-state index in [-0.39, 0.29) is 17.9 Å². The minimum Gasteiger partial charge on any atom is -0.355 e. The summed E-state index contributed by atoms with van der Waals surface area (Å²) >= 11 is 1.65. The van der Waals surface area contributed by atoms with Crippen LogP contribution in [0.25, 0.3) is 10.6 Å². The Morgan fingerprint density at radius 2 is 2.04 bits per heavy atom. The average molecular weight is 341 g/mol. The second kappa shape index (κ2) is 6.65. The number of hydrogen-bond acceptors (Lipinski definition) is 4. The largest absolute Gasteiger partial charge is 0.355 e. The Kier molecular flexibility index (Phi) is 4.37. The van der Waals surface area contributed by atoms with Crippen LogP contribution < -0.4 is 11.1 Å². The Labute approximate surface area is 146 Å². The van der Waals surface area contributed by atoms with Crippen molar-refractivity contribution in [2.24, 2.45) is 23.5 Å². The number of hydrogen-bond donors (Lipinski definition) is 2. The summed E-state index contributed by atoms with van der Waals surface area (Å²) in [7, 11) is 0. The molecule has 3 N–H and O–H groups in total. The van der Waals surface area contributed by atoms with Crippen molar-refractivity contribution in [3.63, 3.8) is 0 Å². The predicted octanol–water partition coefficient (Wildman–Crippen LogP) is 2.84. The van der Waals surface area contributed by atoms with Crippen molar-refractivity contribution in [2.75, 3.05) is 6.54 Å². The monoisotopic (exact) mass is 341 g/mol. The number of carbonyl (C=O) groups is 1. The van der Waals surface area contributed by atoms with Gasteiger partial charge in [0.2, 0.25) is 5.91 Å². The lowest BCUT2D eigenvalue weighted by atomic mass is 9.84. The van der Waals surface area contributed by atoms with Gasteiger partial charge in [0.25, 0.3) is 0 Å². The molecule has 0 aliphatic heterocycles. The van der Waals surface area contributed by atoms with Gasteiger partial charge in [-0.05, 0) is 31.1 Å². The van der Waals surface area contributed by atoms with Crippen LogP contribution in [0.5, 0.6) is 0 Å². The van der Waals surface area contributed by atoms with E-state index in [4.69, 9.17) is 5.73 Å². The second-order valence-electron chi connectivity index (χ2n) is 6.99. The van der Waals surface area contributed by atoms with Crippen molar-refractivity contribution in [1.29, 1.82) is 0 Å². The average Bonchev–Trinajstić information content (AvgIpc) is 3.31. The Balaban J connectivity index is 1.30. The summed E-state index contributed by atoms with van der Waals surface area (Å²) in [6, 6.07) is 10.3. The Bertz CT molecular complexity index is 712. The number of rotatable bonds is 5. The van der Waals surface area contributed by atoms with Crippen LogP contribution in [0, 0.1) is 17.8 Å². The molecule has 1 heterocycles. The molecule has 2 aromatic rings. The highest BCUT2D eigenvalue weighted by molar-refractivity contribution is 7.13. The molecule has 4 nitrogen and oxygen atoms in total. The van der Waals surface area contributed by atoms with Crippen molar-refractivity contribution in [2.45, 2.75) is 31.7 Å². The molecule has 24 heavy (non-hydrogen) atoms.